The van der Waals surface area contributed by atoms with Crippen LogP contribution in [0.2, 0.25) is 0 Å². The molecule has 0 radical (unpaired) electrons. The summed E-state index contributed by atoms with van der Waals surface area (Å²) in [5.74, 6) is 0.181. The first kappa shape index (κ1) is 13.7. The molecule has 0 spiro atoms. The van der Waals surface area contributed by atoms with E-state index in [-0.39, 0.29) is 23.7 Å². The molecular formula is C13H13F3N2O. The molecule has 1 aliphatic rings. The van der Waals surface area contributed by atoms with Crippen molar-refractivity contribution in [2.75, 3.05) is 11.9 Å². The van der Waals surface area contributed by atoms with Gasteiger partial charge in [-0.3, -0.25) is 0 Å². The predicted octanol–water partition coefficient (Wildman–Crippen LogP) is 2.76. The molecule has 1 saturated carbocycles. The molecule has 19 heavy (non-hydrogen) atoms. The Bertz CT molecular complexity index is 504. The number of nitrogens with zero attached hydrogens (tertiary/aromatic N) is 1. The SMILES string of the molecule is N#Cc1ccc(C(F)(F)F)c(NC[C@@H](O)C2CC2)c1. The van der Waals surface area contributed by atoms with Crippen LogP contribution in [0.3, 0.4) is 0 Å². The highest BCUT2D eigenvalue weighted by molar-refractivity contribution is 5.57. The van der Waals surface area contributed by atoms with E-state index in [9.17, 15) is 18.3 Å². The second-order valence-electron chi connectivity index (χ2n) is 4.66. The van der Waals surface area contributed by atoms with Crippen molar-refractivity contribution in [2.45, 2.75) is 25.1 Å². The van der Waals surface area contributed by atoms with Crippen LogP contribution in [0.5, 0.6) is 0 Å². The standard InChI is InChI=1S/C13H13F3N2O/c14-13(15,16)10-4-1-8(6-17)5-11(10)18-7-12(19)9-2-3-9/h1,4-5,9,12,18-19H,2-3,7H2/t12-/m1/s1. The summed E-state index contributed by atoms with van der Waals surface area (Å²) in [5.41, 5.74) is -0.836. The van der Waals surface area contributed by atoms with Crippen molar-refractivity contribution in [3.63, 3.8) is 0 Å². The van der Waals surface area contributed by atoms with Gasteiger partial charge < -0.3 is 10.4 Å². The Morgan fingerprint density at radius 2 is 2.11 bits per heavy atom. The number of nitrogens with one attached hydrogen (secondary N) is 1. The molecule has 0 heterocycles. The number of anilines is 1. The third-order valence-corrected chi connectivity index (χ3v) is 3.12. The zero-order chi connectivity index (χ0) is 14.0. The molecule has 0 unspecified atom stereocenters. The maximum Gasteiger partial charge on any atom is 0.418 e. The normalized spacial score (nSPS) is 16.8. The lowest BCUT2D eigenvalue weighted by Crippen LogP contribution is -2.23. The van der Waals surface area contributed by atoms with Crippen molar-refractivity contribution in [3.8, 4) is 6.07 Å². The average Bonchev–Trinajstić information content (AvgIpc) is 3.18. The highest BCUT2D eigenvalue weighted by atomic mass is 19.4. The molecule has 102 valence electrons. The molecule has 0 aliphatic heterocycles. The maximum atomic E-state index is 12.8. The van der Waals surface area contributed by atoms with Crippen molar-refractivity contribution in [1.29, 1.82) is 5.26 Å². The number of aliphatic hydroxyl groups is 1. The molecule has 6 heteroatoms. The van der Waals surface area contributed by atoms with Gasteiger partial charge in [-0.2, -0.15) is 18.4 Å². The number of benzene rings is 1. The van der Waals surface area contributed by atoms with Gasteiger partial charge in [-0.15, -0.1) is 0 Å². The van der Waals surface area contributed by atoms with Crippen LogP contribution in [0.15, 0.2) is 18.2 Å². The van der Waals surface area contributed by atoms with Crippen LogP contribution in [0.1, 0.15) is 24.0 Å². The quantitative estimate of drug-likeness (QED) is 0.884. The number of alkyl halides is 3. The van der Waals surface area contributed by atoms with Gasteiger partial charge in [0.25, 0.3) is 0 Å². The summed E-state index contributed by atoms with van der Waals surface area (Å²) >= 11 is 0. The van der Waals surface area contributed by atoms with Crippen molar-refractivity contribution >= 4 is 5.69 Å². The molecular weight excluding hydrogens is 257 g/mol. The van der Waals surface area contributed by atoms with Gasteiger partial charge in [-0.1, -0.05) is 0 Å². The summed E-state index contributed by atoms with van der Waals surface area (Å²) in [6.07, 6.45) is -3.31. The second kappa shape index (κ2) is 5.10. The van der Waals surface area contributed by atoms with Gasteiger partial charge in [0.15, 0.2) is 0 Å². The van der Waals surface area contributed by atoms with E-state index in [0.29, 0.717) is 0 Å². The number of hydrogen-bond donors (Lipinski definition) is 2. The van der Waals surface area contributed by atoms with Gasteiger partial charge in [0.1, 0.15) is 0 Å². The number of rotatable bonds is 4. The molecule has 3 nitrogen and oxygen atoms in total. The van der Waals surface area contributed by atoms with E-state index in [1.165, 1.54) is 0 Å². The van der Waals surface area contributed by atoms with Gasteiger partial charge in [0, 0.05) is 12.2 Å². The van der Waals surface area contributed by atoms with E-state index in [1.807, 2.05) is 0 Å². The van der Waals surface area contributed by atoms with Crippen LogP contribution in [0, 0.1) is 17.2 Å². The Kier molecular flexibility index (Phi) is 3.67. The number of hydrogen-bond acceptors (Lipinski definition) is 3. The van der Waals surface area contributed by atoms with E-state index < -0.39 is 17.8 Å². The first-order valence-corrected chi connectivity index (χ1v) is 5.95. The van der Waals surface area contributed by atoms with E-state index >= 15 is 0 Å². The van der Waals surface area contributed by atoms with Gasteiger partial charge in [0.2, 0.25) is 0 Å². The lowest BCUT2D eigenvalue weighted by molar-refractivity contribution is -0.137. The number of aliphatic hydroxyl groups excluding tert-OH is 1. The Morgan fingerprint density at radius 3 is 2.63 bits per heavy atom. The van der Waals surface area contributed by atoms with Crippen LogP contribution in [-0.4, -0.2) is 17.8 Å². The molecule has 1 atom stereocenters. The predicted molar refractivity (Wildman–Crippen MR) is 63.4 cm³/mol. The summed E-state index contributed by atoms with van der Waals surface area (Å²) in [7, 11) is 0. The third-order valence-electron chi connectivity index (χ3n) is 3.12. The topological polar surface area (TPSA) is 56.0 Å². The zero-order valence-corrected chi connectivity index (χ0v) is 10.0. The fourth-order valence-corrected chi connectivity index (χ4v) is 1.87. The lowest BCUT2D eigenvalue weighted by Gasteiger charge is -2.17. The minimum atomic E-state index is -4.49. The summed E-state index contributed by atoms with van der Waals surface area (Å²) in [5, 5.41) is 21.0. The molecule has 2 N–H and O–H groups in total. The van der Waals surface area contributed by atoms with Crippen molar-refractivity contribution < 1.29 is 18.3 Å². The Morgan fingerprint density at radius 1 is 1.42 bits per heavy atom. The fraction of sp³-hybridized carbons (Fsp3) is 0.462. The zero-order valence-electron chi connectivity index (χ0n) is 10.0. The molecule has 0 amide bonds. The third kappa shape index (κ3) is 3.38. The second-order valence-corrected chi connectivity index (χ2v) is 4.66. The van der Waals surface area contributed by atoms with Gasteiger partial charge in [-0.05, 0) is 37.0 Å². The van der Waals surface area contributed by atoms with Gasteiger partial charge >= 0.3 is 6.18 Å². The van der Waals surface area contributed by atoms with Crippen LogP contribution >= 0.6 is 0 Å². The van der Waals surface area contributed by atoms with Crippen molar-refractivity contribution in [2.24, 2.45) is 5.92 Å². The summed E-state index contributed by atoms with van der Waals surface area (Å²) in [6.45, 7) is 0.0582. The van der Waals surface area contributed by atoms with Crippen LogP contribution < -0.4 is 5.32 Å². The molecule has 1 aromatic rings. The summed E-state index contributed by atoms with van der Waals surface area (Å²) in [4.78, 5) is 0. The highest BCUT2D eigenvalue weighted by Gasteiger charge is 2.34. The van der Waals surface area contributed by atoms with Crippen LogP contribution in [0.25, 0.3) is 0 Å². The molecule has 1 fully saturated rings. The first-order chi connectivity index (χ1) is 8.91. The largest absolute Gasteiger partial charge is 0.418 e. The minimum Gasteiger partial charge on any atom is -0.391 e. The lowest BCUT2D eigenvalue weighted by atomic mass is 10.1. The fourth-order valence-electron chi connectivity index (χ4n) is 1.87. The number of halogens is 3. The summed E-state index contributed by atoms with van der Waals surface area (Å²) in [6, 6.07) is 4.96. The maximum absolute atomic E-state index is 12.8. The molecule has 1 aromatic carbocycles. The molecule has 0 saturated heterocycles. The summed E-state index contributed by atoms with van der Waals surface area (Å²) < 4.78 is 38.4. The van der Waals surface area contributed by atoms with Crippen molar-refractivity contribution in [3.05, 3.63) is 29.3 Å². The Balaban J connectivity index is 2.17. The Hall–Kier alpha value is -1.74. The van der Waals surface area contributed by atoms with Gasteiger partial charge in [0.05, 0.1) is 23.3 Å². The van der Waals surface area contributed by atoms with E-state index in [2.05, 4.69) is 5.32 Å². The minimum absolute atomic E-state index is 0.0582. The van der Waals surface area contributed by atoms with Gasteiger partial charge in [-0.25, -0.2) is 0 Å². The van der Waals surface area contributed by atoms with Crippen molar-refractivity contribution in [1.82, 2.24) is 0 Å². The van der Waals surface area contributed by atoms with Crippen LogP contribution in [-0.2, 0) is 6.18 Å². The van der Waals surface area contributed by atoms with E-state index in [0.717, 1.165) is 31.0 Å². The molecule has 2 rings (SSSR count). The molecule has 1 aliphatic carbocycles. The Labute approximate surface area is 108 Å². The molecule has 0 aromatic heterocycles. The van der Waals surface area contributed by atoms with Crippen LogP contribution in [0.4, 0.5) is 18.9 Å². The monoisotopic (exact) mass is 270 g/mol. The molecule has 0 bridgehead atoms. The smallest absolute Gasteiger partial charge is 0.391 e. The van der Waals surface area contributed by atoms with E-state index in [4.69, 9.17) is 5.26 Å². The first-order valence-electron chi connectivity index (χ1n) is 5.95. The highest BCUT2D eigenvalue weighted by Crippen LogP contribution is 2.36. The van der Waals surface area contributed by atoms with E-state index in [1.54, 1.807) is 6.07 Å². The average molecular weight is 270 g/mol. The number of nitriles is 1.